The van der Waals surface area contributed by atoms with Gasteiger partial charge in [-0.05, 0) is 20.8 Å². The summed E-state index contributed by atoms with van der Waals surface area (Å²) in [5.41, 5.74) is 6.36. The van der Waals surface area contributed by atoms with Gasteiger partial charge >= 0.3 is 12.3 Å². The van der Waals surface area contributed by atoms with Gasteiger partial charge in [0.1, 0.15) is 0 Å². The molecule has 1 heterocycles. The molecule has 2 N–H and O–H groups in total. The SMILES string of the molecule is CCOC(=O)Oc1cc(N)c(C)nc1OC(=O)OCC. The predicted octanol–water partition coefficient (Wildman–Crippen LogP) is 2.04. The Morgan fingerprint density at radius 1 is 1.15 bits per heavy atom. The molecule has 8 nitrogen and oxygen atoms in total. The Kier molecular flexibility index (Phi) is 5.57. The number of aryl methyl sites for hydroxylation is 1. The lowest BCUT2D eigenvalue weighted by Crippen LogP contribution is -2.15. The van der Waals surface area contributed by atoms with Crippen molar-refractivity contribution in [1.82, 2.24) is 4.98 Å². The van der Waals surface area contributed by atoms with Gasteiger partial charge < -0.3 is 24.7 Å². The molecule has 1 rings (SSSR count). The average molecular weight is 284 g/mol. The van der Waals surface area contributed by atoms with Crippen LogP contribution in [0.5, 0.6) is 11.6 Å². The summed E-state index contributed by atoms with van der Waals surface area (Å²) in [6.45, 7) is 5.14. The Balaban J connectivity index is 2.98. The molecule has 1 aromatic heterocycles. The van der Waals surface area contributed by atoms with Crippen molar-refractivity contribution in [2.75, 3.05) is 18.9 Å². The van der Waals surface area contributed by atoms with Crippen molar-refractivity contribution < 1.29 is 28.5 Å². The molecule has 0 unspecified atom stereocenters. The first-order valence-electron chi connectivity index (χ1n) is 5.94. The minimum Gasteiger partial charge on any atom is -0.434 e. The number of hydrogen-bond donors (Lipinski definition) is 1. The highest BCUT2D eigenvalue weighted by molar-refractivity contribution is 5.69. The third kappa shape index (κ3) is 4.30. The zero-order valence-electron chi connectivity index (χ0n) is 11.5. The second-order valence-electron chi connectivity index (χ2n) is 3.54. The summed E-state index contributed by atoms with van der Waals surface area (Å²) in [6.07, 6.45) is -1.91. The van der Waals surface area contributed by atoms with Crippen LogP contribution in [0.2, 0.25) is 0 Å². The summed E-state index contributed by atoms with van der Waals surface area (Å²) in [6, 6.07) is 1.31. The van der Waals surface area contributed by atoms with E-state index >= 15 is 0 Å². The van der Waals surface area contributed by atoms with Gasteiger partial charge in [-0.3, -0.25) is 0 Å². The minimum absolute atomic E-state index is 0.125. The largest absolute Gasteiger partial charge is 0.515 e. The highest BCUT2D eigenvalue weighted by Gasteiger charge is 2.18. The van der Waals surface area contributed by atoms with Crippen LogP contribution in [0.25, 0.3) is 0 Å². The molecular weight excluding hydrogens is 268 g/mol. The summed E-state index contributed by atoms with van der Waals surface area (Å²) < 4.78 is 18.9. The van der Waals surface area contributed by atoms with Crippen LogP contribution in [0.1, 0.15) is 19.5 Å². The van der Waals surface area contributed by atoms with Crippen molar-refractivity contribution >= 4 is 18.0 Å². The highest BCUT2D eigenvalue weighted by Crippen LogP contribution is 2.29. The van der Waals surface area contributed by atoms with E-state index in [1.54, 1.807) is 20.8 Å². The van der Waals surface area contributed by atoms with Gasteiger partial charge in [0.15, 0.2) is 5.75 Å². The number of nitrogens with two attached hydrogens (primary N) is 1. The highest BCUT2D eigenvalue weighted by atomic mass is 16.7. The number of carbonyl (C=O) groups excluding carboxylic acids is 2. The molecule has 0 saturated heterocycles. The van der Waals surface area contributed by atoms with Gasteiger partial charge in [-0.25, -0.2) is 14.6 Å². The van der Waals surface area contributed by atoms with Gasteiger partial charge in [-0.15, -0.1) is 0 Å². The van der Waals surface area contributed by atoms with E-state index in [1.165, 1.54) is 6.07 Å². The molecular formula is C12H16N2O6. The van der Waals surface area contributed by atoms with E-state index in [2.05, 4.69) is 14.5 Å². The maximum atomic E-state index is 11.3. The van der Waals surface area contributed by atoms with E-state index in [9.17, 15) is 9.59 Å². The van der Waals surface area contributed by atoms with Crippen LogP contribution in [0, 0.1) is 6.92 Å². The zero-order chi connectivity index (χ0) is 15.1. The molecule has 0 aromatic carbocycles. The number of ether oxygens (including phenoxy) is 4. The predicted molar refractivity (Wildman–Crippen MR) is 68.7 cm³/mol. The lowest BCUT2D eigenvalue weighted by Gasteiger charge is -2.11. The lowest BCUT2D eigenvalue weighted by molar-refractivity contribution is 0.0925. The van der Waals surface area contributed by atoms with Crippen LogP contribution >= 0.6 is 0 Å². The van der Waals surface area contributed by atoms with Crippen LogP contribution in [-0.4, -0.2) is 30.5 Å². The summed E-state index contributed by atoms with van der Waals surface area (Å²) in [5, 5.41) is 0. The van der Waals surface area contributed by atoms with Gasteiger partial charge in [-0.1, -0.05) is 0 Å². The molecule has 0 aliphatic rings. The van der Waals surface area contributed by atoms with Gasteiger partial charge in [0.25, 0.3) is 5.88 Å². The van der Waals surface area contributed by atoms with Crippen molar-refractivity contribution in [2.24, 2.45) is 0 Å². The van der Waals surface area contributed by atoms with Crippen LogP contribution in [0.3, 0.4) is 0 Å². The number of aromatic nitrogens is 1. The number of nitrogens with zero attached hydrogens (tertiary/aromatic N) is 1. The number of carbonyl (C=O) groups is 2. The molecule has 0 aliphatic heterocycles. The topological polar surface area (TPSA) is 110 Å². The average Bonchev–Trinajstić information content (AvgIpc) is 2.36. The molecule has 0 radical (unpaired) electrons. The van der Waals surface area contributed by atoms with Crippen LogP contribution in [0.15, 0.2) is 6.07 Å². The number of nitrogen functional groups attached to an aromatic ring is 1. The van der Waals surface area contributed by atoms with Gasteiger partial charge in [0, 0.05) is 6.07 Å². The summed E-state index contributed by atoms with van der Waals surface area (Å²) in [5.74, 6) is -0.345. The third-order valence-electron chi connectivity index (χ3n) is 2.08. The molecule has 0 aliphatic carbocycles. The van der Waals surface area contributed by atoms with Crippen molar-refractivity contribution in [3.63, 3.8) is 0 Å². The Labute approximate surface area is 115 Å². The molecule has 0 fully saturated rings. The van der Waals surface area contributed by atoms with Gasteiger partial charge in [-0.2, -0.15) is 0 Å². The smallest absolute Gasteiger partial charge is 0.434 e. The Morgan fingerprint density at radius 3 is 2.25 bits per heavy atom. The number of rotatable bonds is 4. The van der Waals surface area contributed by atoms with Gasteiger partial charge in [0.05, 0.1) is 24.6 Å². The van der Waals surface area contributed by atoms with E-state index in [0.29, 0.717) is 5.69 Å². The second-order valence-corrected chi connectivity index (χ2v) is 3.54. The molecule has 20 heavy (non-hydrogen) atoms. The maximum absolute atomic E-state index is 11.3. The van der Waals surface area contributed by atoms with Crippen LogP contribution < -0.4 is 15.2 Å². The molecule has 0 atom stereocenters. The number of hydrogen-bond acceptors (Lipinski definition) is 8. The van der Waals surface area contributed by atoms with E-state index < -0.39 is 12.3 Å². The fraction of sp³-hybridized carbons (Fsp3) is 0.417. The quantitative estimate of drug-likeness (QED) is 0.836. The second kappa shape index (κ2) is 7.17. The Hall–Kier alpha value is -2.51. The molecule has 0 saturated carbocycles. The van der Waals surface area contributed by atoms with E-state index in [1.807, 2.05) is 0 Å². The normalized spacial score (nSPS) is 9.75. The van der Waals surface area contributed by atoms with Gasteiger partial charge in [0.2, 0.25) is 0 Å². The van der Waals surface area contributed by atoms with Crippen LogP contribution in [0.4, 0.5) is 15.3 Å². The van der Waals surface area contributed by atoms with Crippen molar-refractivity contribution in [1.29, 1.82) is 0 Å². The standard InChI is InChI=1S/C12H16N2O6/c1-4-17-11(15)19-9-6-8(13)7(3)14-10(9)20-12(16)18-5-2/h6H,4-5,13H2,1-3H3. The summed E-state index contributed by atoms with van der Waals surface area (Å²) in [7, 11) is 0. The maximum Gasteiger partial charge on any atom is 0.515 e. The minimum atomic E-state index is -0.960. The monoisotopic (exact) mass is 284 g/mol. The number of anilines is 1. The molecule has 8 heteroatoms. The molecule has 0 spiro atoms. The Morgan fingerprint density at radius 2 is 1.70 bits per heavy atom. The Bertz CT molecular complexity index is 458. The van der Waals surface area contributed by atoms with Crippen molar-refractivity contribution in [3.8, 4) is 11.6 Å². The van der Waals surface area contributed by atoms with Crippen molar-refractivity contribution in [2.45, 2.75) is 20.8 Å². The first-order valence-corrected chi connectivity index (χ1v) is 5.94. The van der Waals surface area contributed by atoms with Crippen molar-refractivity contribution in [3.05, 3.63) is 11.8 Å². The van der Waals surface area contributed by atoms with E-state index in [-0.39, 0.29) is 30.5 Å². The number of pyridine rings is 1. The first-order chi connectivity index (χ1) is 9.47. The zero-order valence-corrected chi connectivity index (χ0v) is 11.5. The van der Waals surface area contributed by atoms with Crippen LogP contribution in [-0.2, 0) is 9.47 Å². The molecule has 0 bridgehead atoms. The van der Waals surface area contributed by atoms with E-state index in [0.717, 1.165) is 0 Å². The first kappa shape index (κ1) is 15.5. The molecule has 110 valence electrons. The fourth-order valence-corrected chi connectivity index (χ4v) is 1.19. The fourth-order valence-electron chi connectivity index (χ4n) is 1.19. The van der Waals surface area contributed by atoms with E-state index in [4.69, 9.17) is 15.2 Å². The lowest BCUT2D eigenvalue weighted by atomic mass is 10.3. The molecule has 0 amide bonds. The summed E-state index contributed by atoms with van der Waals surface area (Å²) in [4.78, 5) is 26.5. The molecule has 1 aromatic rings. The summed E-state index contributed by atoms with van der Waals surface area (Å²) >= 11 is 0. The third-order valence-corrected chi connectivity index (χ3v) is 2.08.